The van der Waals surface area contributed by atoms with Gasteiger partial charge in [-0.25, -0.2) is 4.99 Å². The Labute approximate surface area is 169 Å². The number of amides is 1. The zero-order valence-electron chi connectivity index (χ0n) is 13.3. The van der Waals surface area contributed by atoms with E-state index in [9.17, 15) is 19.8 Å². The number of carbonyl (C=O) groups excluding carboxylic acids is 2. The van der Waals surface area contributed by atoms with Crippen LogP contribution in [0.5, 0.6) is 5.88 Å². The van der Waals surface area contributed by atoms with Crippen LogP contribution in [0.3, 0.4) is 0 Å². The Morgan fingerprint density at radius 1 is 1.22 bits per heavy atom. The number of benzene rings is 2. The van der Waals surface area contributed by atoms with Gasteiger partial charge in [-0.05, 0) is 48.1 Å². The molecule has 1 N–H and O–H groups in total. The van der Waals surface area contributed by atoms with Gasteiger partial charge in [0, 0.05) is 9.69 Å². The summed E-state index contributed by atoms with van der Waals surface area (Å²) in [5.74, 6) is -1.94. The van der Waals surface area contributed by atoms with Crippen LogP contribution in [-0.2, 0) is 4.79 Å². The van der Waals surface area contributed by atoms with Gasteiger partial charge in [0.25, 0.3) is 5.91 Å². The Kier molecular flexibility index (Phi) is 4.29. The van der Waals surface area contributed by atoms with Gasteiger partial charge >= 0.3 is 0 Å². The summed E-state index contributed by atoms with van der Waals surface area (Å²) in [6.07, 6.45) is 0. The number of carboxylic acids is 1. The number of aromatic carboxylic acids is 1. The SMILES string of the molecule is O=C1N=c2ccc(Br)cc2=C1c1sc(=S)n(-c2ccc(C(=O)[O-])cc2)c1O. The van der Waals surface area contributed by atoms with E-state index < -0.39 is 11.9 Å². The lowest BCUT2D eigenvalue weighted by Crippen LogP contribution is -2.22. The fourth-order valence-corrected chi connectivity index (χ4v) is 4.55. The topological polar surface area (TPSA) is 94.7 Å². The summed E-state index contributed by atoms with van der Waals surface area (Å²) in [7, 11) is 0. The number of rotatable bonds is 3. The lowest BCUT2D eigenvalue weighted by Gasteiger charge is -2.07. The van der Waals surface area contributed by atoms with Crippen molar-refractivity contribution in [3.63, 3.8) is 0 Å². The molecule has 6 nitrogen and oxygen atoms in total. The standard InChI is InChI=1S/C18H9BrN2O4S2/c19-9-3-6-12-11(7-9)13(15(22)20-12)14-16(23)21(18(26)27-14)10-4-1-8(2-5-10)17(24)25/h1-7,23H,(H,24,25)/p-1. The molecule has 1 aliphatic rings. The van der Waals surface area contributed by atoms with Crippen LogP contribution in [0, 0.1) is 3.95 Å². The number of carboxylic acid groups (broad SMARTS) is 1. The third-order valence-electron chi connectivity index (χ3n) is 4.04. The molecular weight excluding hydrogens is 452 g/mol. The first kappa shape index (κ1) is 17.8. The molecule has 0 radical (unpaired) electrons. The molecule has 0 spiro atoms. The second kappa shape index (κ2) is 6.52. The molecule has 1 amide bonds. The molecule has 2 aromatic carbocycles. The number of aromatic hydroxyl groups is 1. The lowest BCUT2D eigenvalue weighted by molar-refractivity contribution is -0.255. The quantitative estimate of drug-likeness (QED) is 0.598. The highest BCUT2D eigenvalue weighted by molar-refractivity contribution is 9.10. The molecule has 0 aliphatic carbocycles. The summed E-state index contributed by atoms with van der Waals surface area (Å²) in [5.41, 5.74) is 0.769. The number of nitrogens with zero attached hydrogens (tertiary/aromatic N) is 2. The number of aromatic nitrogens is 1. The zero-order chi connectivity index (χ0) is 19.3. The van der Waals surface area contributed by atoms with Crippen LogP contribution in [0.15, 0.2) is 51.9 Å². The summed E-state index contributed by atoms with van der Waals surface area (Å²) >= 11 is 9.81. The van der Waals surface area contributed by atoms with E-state index in [1.54, 1.807) is 18.2 Å². The average Bonchev–Trinajstić information content (AvgIpc) is 3.09. The third-order valence-corrected chi connectivity index (χ3v) is 5.91. The van der Waals surface area contributed by atoms with Crippen LogP contribution in [0.2, 0.25) is 0 Å². The number of carbonyl (C=O) groups is 2. The number of thiazole rings is 1. The van der Waals surface area contributed by atoms with Gasteiger partial charge in [-0.3, -0.25) is 9.36 Å². The van der Waals surface area contributed by atoms with E-state index >= 15 is 0 Å². The zero-order valence-corrected chi connectivity index (χ0v) is 16.5. The van der Waals surface area contributed by atoms with Crippen molar-refractivity contribution in [1.29, 1.82) is 0 Å². The minimum atomic E-state index is -1.30. The van der Waals surface area contributed by atoms with Gasteiger partial charge in [0.1, 0.15) is 4.88 Å². The summed E-state index contributed by atoms with van der Waals surface area (Å²) in [6.45, 7) is 0. The van der Waals surface area contributed by atoms with Crippen molar-refractivity contribution < 1.29 is 19.8 Å². The molecule has 134 valence electrons. The van der Waals surface area contributed by atoms with Crippen molar-refractivity contribution in [3.05, 3.63) is 71.9 Å². The van der Waals surface area contributed by atoms with Crippen molar-refractivity contribution in [2.75, 3.05) is 0 Å². The van der Waals surface area contributed by atoms with Gasteiger partial charge in [-0.15, -0.1) is 11.3 Å². The molecular formula is C18H8BrN2O4S2-. The highest BCUT2D eigenvalue weighted by Crippen LogP contribution is 2.35. The van der Waals surface area contributed by atoms with Crippen molar-refractivity contribution in [2.45, 2.75) is 0 Å². The van der Waals surface area contributed by atoms with E-state index in [1.807, 2.05) is 0 Å². The van der Waals surface area contributed by atoms with E-state index in [1.165, 1.54) is 28.8 Å². The minimum Gasteiger partial charge on any atom is -0.545 e. The first-order valence-corrected chi connectivity index (χ1v) is 9.58. The van der Waals surface area contributed by atoms with Crippen LogP contribution in [-0.4, -0.2) is 21.6 Å². The van der Waals surface area contributed by atoms with Crippen LogP contribution >= 0.6 is 39.5 Å². The summed E-state index contributed by atoms with van der Waals surface area (Å²) in [4.78, 5) is 27.7. The molecule has 27 heavy (non-hydrogen) atoms. The lowest BCUT2D eigenvalue weighted by atomic mass is 10.1. The molecule has 0 fully saturated rings. The maximum Gasteiger partial charge on any atom is 0.279 e. The largest absolute Gasteiger partial charge is 0.545 e. The Bertz CT molecular complexity index is 1310. The Morgan fingerprint density at radius 2 is 1.93 bits per heavy atom. The second-order valence-electron chi connectivity index (χ2n) is 5.64. The van der Waals surface area contributed by atoms with Gasteiger partial charge in [0.2, 0.25) is 5.88 Å². The summed E-state index contributed by atoms with van der Waals surface area (Å²) in [6, 6.07) is 11.0. The molecule has 0 saturated heterocycles. The number of fused-ring (bicyclic) bond motifs is 1. The Balaban J connectivity index is 1.93. The number of halogens is 1. The third kappa shape index (κ3) is 2.93. The highest BCUT2D eigenvalue weighted by atomic mass is 79.9. The molecule has 2 heterocycles. The van der Waals surface area contributed by atoms with E-state index in [0.717, 1.165) is 15.8 Å². The average molecular weight is 460 g/mol. The molecule has 0 bridgehead atoms. The summed E-state index contributed by atoms with van der Waals surface area (Å²) in [5, 5.41) is 22.8. The number of hydrogen-bond acceptors (Lipinski definition) is 6. The van der Waals surface area contributed by atoms with Crippen molar-refractivity contribution in [3.8, 4) is 11.6 Å². The Hall–Kier alpha value is -2.62. The van der Waals surface area contributed by atoms with Gasteiger partial charge < -0.3 is 15.0 Å². The Morgan fingerprint density at radius 3 is 2.59 bits per heavy atom. The maximum atomic E-state index is 12.4. The molecule has 1 aliphatic heterocycles. The molecule has 0 atom stereocenters. The minimum absolute atomic E-state index is 0.0122. The van der Waals surface area contributed by atoms with Crippen LogP contribution < -0.4 is 15.7 Å². The predicted octanol–water partition coefficient (Wildman–Crippen LogP) is 1.46. The normalized spacial score (nSPS) is 12.8. The van der Waals surface area contributed by atoms with Crippen molar-refractivity contribution >= 4 is 56.9 Å². The van der Waals surface area contributed by atoms with Gasteiger partial charge in [-0.1, -0.05) is 28.1 Å². The first-order chi connectivity index (χ1) is 12.9. The molecule has 3 aromatic rings. The molecule has 0 saturated carbocycles. The number of hydrogen-bond donors (Lipinski definition) is 1. The highest BCUT2D eigenvalue weighted by Gasteiger charge is 2.25. The first-order valence-electron chi connectivity index (χ1n) is 7.56. The molecule has 9 heteroatoms. The predicted molar refractivity (Wildman–Crippen MR) is 103 cm³/mol. The fraction of sp³-hybridized carbons (Fsp3) is 0. The monoisotopic (exact) mass is 459 g/mol. The van der Waals surface area contributed by atoms with E-state index in [4.69, 9.17) is 12.2 Å². The van der Waals surface area contributed by atoms with Crippen LogP contribution in [0.4, 0.5) is 0 Å². The van der Waals surface area contributed by atoms with Gasteiger partial charge in [0.05, 0.1) is 22.6 Å². The van der Waals surface area contributed by atoms with Crippen LogP contribution in [0.25, 0.3) is 11.3 Å². The van der Waals surface area contributed by atoms with E-state index in [2.05, 4.69) is 20.9 Å². The molecule has 1 aromatic heterocycles. The summed E-state index contributed by atoms with van der Waals surface area (Å²) < 4.78 is 2.47. The van der Waals surface area contributed by atoms with Gasteiger partial charge in [-0.2, -0.15) is 0 Å². The fourth-order valence-electron chi connectivity index (χ4n) is 2.81. The van der Waals surface area contributed by atoms with Crippen molar-refractivity contribution in [1.82, 2.24) is 4.57 Å². The molecule has 0 unspecified atom stereocenters. The van der Waals surface area contributed by atoms with Gasteiger partial charge in [0.15, 0.2) is 3.95 Å². The second-order valence-corrected chi connectivity index (χ2v) is 8.20. The van der Waals surface area contributed by atoms with Crippen molar-refractivity contribution in [2.24, 2.45) is 4.99 Å². The van der Waals surface area contributed by atoms with Crippen LogP contribution in [0.1, 0.15) is 15.2 Å². The maximum absolute atomic E-state index is 12.4. The smallest absolute Gasteiger partial charge is 0.279 e. The van der Waals surface area contributed by atoms with E-state index in [-0.39, 0.29) is 17.0 Å². The van der Waals surface area contributed by atoms with E-state index in [0.29, 0.717) is 25.1 Å². The molecule has 4 rings (SSSR count).